The Kier molecular flexibility index (Phi) is 4.71. The Bertz CT molecular complexity index is 777. The number of carbonyl (C=O) groups excluding carboxylic acids is 1. The molecule has 0 aliphatic carbocycles. The second-order valence-electron chi connectivity index (χ2n) is 5.21. The van der Waals surface area contributed by atoms with Gasteiger partial charge in [-0.2, -0.15) is 0 Å². The number of nitrogens with zero attached hydrogens (tertiary/aromatic N) is 1. The number of anilines is 1. The highest BCUT2D eigenvalue weighted by molar-refractivity contribution is 7.90. The second kappa shape index (κ2) is 6.36. The van der Waals surface area contributed by atoms with E-state index >= 15 is 0 Å². The normalized spacial score (nSPS) is 11.4. The summed E-state index contributed by atoms with van der Waals surface area (Å²) in [5.74, 6) is 1.39. The van der Waals surface area contributed by atoms with Crippen LogP contribution in [0.15, 0.2) is 45.7 Å². The summed E-state index contributed by atoms with van der Waals surface area (Å²) in [6.45, 7) is 1.85. The van der Waals surface area contributed by atoms with Gasteiger partial charge in [-0.3, -0.25) is 4.79 Å². The molecule has 0 radical (unpaired) electrons. The van der Waals surface area contributed by atoms with Gasteiger partial charge in [0.1, 0.15) is 11.5 Å². The molecule has 0 N–H and O–H groups in total. The van der Waals surface area contributed by atoms with E-state index in [1.807, 2.05) is 19.1 Å². The lowest BCUT2D eigenvalue weighted by Crippen LogP contribution is -2.27. The number of amides is 1. The minimum atomic E-state index is -3.39. The maximum Gasteiger partial charge on any atom is 0.227 e. The van der Waals surface area contributed by atoms with Gasteiger partial charge in [0.15, 0.2) is 9.84 Å². The van der Waals surface area contributed by atoms with E-state index in [4.69, 9.17) is 4.42 Å². The molecule has 0 aliphatic rings. The van der Waals surface area contributed by atoms with Crippen LogP contribution in [0.4, 0.5) is 5.69 Å². The Morgan fingerprint density at radius 2 is 1.86 bits per heavy atom. The lowest BCUT2D eigenvalue weighted by atomic mass is 10.2. The van der Waals surface area contributed by atoms with E-state index in [0.29, 0.717) is 12.1 Å². The van der Waals surface area contributed by atoms with E-state index in [-0.39, 0.29) is 17.2 Å². The van der Waals surface area contributed by atoms with Crippen LogP contribution in [0.1, 0.15) is 17.9 Å². The topological polar surface area (TPSA) is 67.6 Å². The molecule has 1 aromatic carbocycles. The molecule has 22 heavy (non-hydrogen) atoms. The SMILES string of the molecule is Cc1ccc(CCC(=O)N(C)c2ccccc2S(C)(=O)=O)o1. The van der Waals surface area contributed by atoms with Gasteiger partial charge in [0.2, 0.25) is 5.91 Å². The largest absolute Gasteiger partial charge is 0.466 e. The smallest absolute Gasteiger partial charge is 0.227 e. The number of rotatable bonds is 5. The van der Waals surface area contributed by atoms with Gasteiger partial charge in [-0.25, -0.2) is 8.42 Å². The van der Waals surface area contributed by atoms with E-state index in [2.05, 4.69) is 0 Å². The maximum atomic E-state index is 12.3. The number of hydrogen-bond donors (Lipinski definition) is 0. The van der Waals surface area contributed by atoms with Gasteiger partial charge in [-0.1, -0.05) is 12.1 Å². The van der Waals surface area contributed by atoms with Crippen LogP contribution in [0, 0.1) is 6.92 Å². The first-order chi connectivity index (χ1) is 10.3. The molecule has 2 rings (SSSR count). The predicted molar refractivity (Wildman–Crippen MR) is 84.7 cm³/mol. The first-order valence-electron chi connectivity index (χ1n) is 6.90. The fourth-order valence-corrected chi connectivity index (χ4v) is 3.11. The molecule has 0 spiro atoms. The molecule has 0 fully saturated rings. The Balaban J connectivity index is 2.14. The number of carbonyl (C=O) groups is 1. The zero-order valence-electron chi connectivity index (χ0n) is 12.9. The van der Waals surface area contributed by atoms with Crippen molar-refractivity contribution in [2.45, 2.75) is 24.7 Å². The first kappa shape index (κ1) is 16.3. The quantitative estimate of drug-likeness (QED) is 0.849. The van der Waals surface area contributed by atoms with E-state index in [1.165, 1.54) is 11.0 Å². The van der Waals surface area contributed by atoms with Gasteiger partial charge in [0.25, 0.3) is 0 Å². The fraction of sp³-hybridized carbons (Fsp3) is 0.312. The van der Waals surface area contributed by atoms with Crippen molar-refractivity contribution in [2.24, 2.45) is 0 Å². The Morgan fingerprint density at radius 1 is 1.18 bits per heavy atom. The van der Waals surface area contributed by atoms with E-state index < -0.39 is 9.84 Å². The van der Waals surface area contributed by atoms with E-state index in [1.54, 1.807) is 25.2 Å². The third-order valence-electron chi connectivity index (χ3n) is 3.38. The number of benzene rings is 1. The summed E-state index contributed by atoms with van der Waals surface area (Å²) in [5, 5.41) is 0. The van der Waals surface area contributed by atoms with Crippen molar-refractivity contribution < 1.29 is 17.6 Å². The predicted octanol–water partition coefficient (Wildman–Crippen LogP) is 2.59. The van der Waals surface area contributed by atoms with Crippen molar-refractivity contribution >= 4 is 21.4 Å². The minimum Gasteiger partial charge on any atom is -0.466 e. The molecule has 5 nitrogen and oxygen atoms in total. The molecular formula is C16H19NO4S. The molecule has 0 aliphatic heterocycles. The summed E-state index contributed by atoms with van der Waals surface area (Å²) >= 11 is 0. The highest BCUT2D eigenvalue weighted by Gasteiger charge is 2.19. The summed E-state index contributed by atoms with van der Waals surface area (Å²) in [6, 6.07) is 10.2. The summed E-state index contributed by atoms with van der Waals surface area (Å²) in [7, 11) is -1.81. The average Bonchev–Trinajstić information content (AvgIpc) is 2.88. The number of furan rings is 1. The van der Waals surface area contributed by atoms with Crippen molar-refractivity contribution in [3.05, 3.63) is 47.9 Å². The first-order valence-corrected chi connectivity index (χ1v) is 8.79. The highest BCUT2D eigenvalue weighted by atomic mass is 32.2. The highest BCUT2D eigenvalue weighted by Crippen LogP contribution is 2.24. The van der Waals surface area contributed by atoms with Gasteiger partial charge in [-0.15, -0.1) is 0 Å². The molecule has 1 amide bonds. The second-order valence-corrected chi connectivity index (χ2v) is 7.19. The number of hydrogen-bond acceptors (Lipinski definition) is 4. The molecule has 0 bridgehead atoms. The number of para-hydroxylation sites is 1. The third-order valence-corrected chi connectivity index (χ3v) is 4.53. The molecule has 2 aromatic rings. The summed E-state index contributed by atoms with van der Waals surface area (Å²) < 4.78 is 29.1. The van der Waals surface area contributed by atoms with Gasteiger partial charge < -0.3 is 9.32 Å². The van der Waals surface area contributed by atoms with Gasteiger partial charge >= 0.3 is 0 Å². The van der Waals surface area contributed by atoms with Gasteiger partial charge in [0, 0.05) is 26.1 Å². The molecular weight excluding hydrogens is 302 g/mol. The van der Waals surface area contributed by atoms with Gasteiger partial charge in [-0.05, 0) is 31.2 Å². The molecule has 1 heterocycles. The van der Waals surface area contributed by atoms with Crippen LogP contribution in [0.2, 0.25) is 0 Å². The molecule has 0 atom stereocenters. The van der Waals surface area contributed by atoms with E-state index in [9.17, 15) is 13.2 Å². The number of aryl methyl sites for hydroxylation is 2. The monoisotopic (exact) mass is 321 g/mol. The van der Waals surface area contributed by atoms with Crippen LogP contribution in [0.25, 0.3) is 0 Å². The molecule has 6 heteroatoms. The summed E-state index contributed by atoms with van der Waals surface area (Å²) in [4.78, 5) is 13.8. The van der Waals surface area contributed by atoms with Crippen molar-refractivity contribution in [3.63, 3.8) is 0 Å². The Labute approximate surface area is 130 Å². The molecule has 118 valence electrons. The summed E-state index contributed by atoms with van der Waals surface area (Å²) in [6.07, 6.45) is 1.87. The van der Waals surface area contributed by atoms with Crippen LogP contribution in [-0.4, -0.2) is 27.6 Å². The molecule has 0 saturated carbocycles. The van der Waals surface area contributed by atoms with Crippen molar-refractivity contribution in [1.29, 1.82) is 0 Å². The Morgan fingerprint density at radius 3 is 2.45 bits per heavy atom. The minimum absolute atomic E-state index is 0.152. The van der Waals surface area contributed by atoms with Crippen LogP contribution >= 0.6 is 0 Å². The van der Waals surface area contributed by atoms with E-state index in [0.717, 1.165) is 17.8 Å². The molecule has 1 aromatic heterocycles. The van der Waals surface area contributed by atoms with Crippen LogP contribution in [0.3, 0.4) is 0 Å². The Hall–Kier alpha value is -2.08. The zero-order chi connectivity index (χ0) is 16.3. The molecule has 0 unspecified atom stereocenters. The fourth-order valence-electron chi connectivity index (χ4n) is 2.20. The maximum absolute atomic E-state index is 12.3. The standard InChI is InChI=1S/C16H19NO4S/c1-12-8-9-13(21-12)10-11-16(18)17(2)14-6-4-5-7-15(14)22(3,19)20/h4-9H,10-11H2,1-3H3. The van der Waals surface area contributed by atoms with Crippen LogP contribution in [-0.2, 0) is 21.1 Å². The van der Waals surface area contributed by atoms with Gasteiger partial charge in [0.05, 0.1) is 10.6 Å². The lowest BCUT2D eigenvalue weighted by molar-refractivity contribution is -0.118. The van der Waals surface area contributed by atoms with Crippen molar-refractivity contribution in [1.82, 2.24) is 0 Å². The van der Waals surface area contributed by atoms with Crippen molar-refractivity contribution in [3.8, 4) is 0 Å². The van der Waals surface area contributed by atoms with Crippen molar-refractivity contribution in [2.75, 3.05) is 18.2 Å². The zero-order valence-corrected chi connectivity index (χ0v) is 13.7. The third kappa shape index (κ3) is 3.76. The lowest BCUT2D eigenvalue weighted by Gasteiger charge is -2.19. The number of sulfone groups is 1. The summed E-state index contributed by atoms with van der Waals surface area (Å²) in [5.41, 5.74) is 0.394. The van der Waals surface area contributed by atoms with Crippen LogP contribution < -0.4 is 4.90 Å². The average molecular weight is 321 g/mol. The van der Waals surface area contributed by atoms with Crippen LogP contribution in [0.5, 0.6) is 0 Å². The molecule has 0 saturated heterocycles.